The van der Waals surface area contributed by atoms with Gasteiger partial charge >= 0.3 is 0 Å². The van der Waals surface area contributed by atoms with E-state index in [9.17, 15) is 4.79 Å². The van der Waals surface area contributed by atoms with Gasteiger partial charge in [0.2, 0.25) is 0 Å². The van der Waals surface area contributed by atoms with Crippen LogP contribution in [0.15, 0.2) is 60.8 Å². The maximum atomic E-state index is 13.0. The monoisotopic (exact) mass is 375 g/mol. The Morgan fingerprint density at radius 3 is 2.61 bits per heavy atom. The highest BCUT2D eigenvalue weighted by atomic mass is 16.5. The summed E-state index contributed by atoms with van der Waals surface area (Å²) in [5, 5.41) is 7.90. The molecule has 0 bridgehead atoms. The molecule has 1 aliphatic carbocycles. The van der Waals surface area contributed by atoms with E-state index in [1.54, 1.807) is 7.11 Å². The molecule has 3 aromatic rings. The zero-order valence-corrected chi connectivity index (χ0v) is 16.3. The molecule has 144 valence electrons. The van der Waals surface area contributed by atoms with E-state index in [4.69, 9.17) is 9.84 Å². The number of ether oxygens (including phenoxy) is 1. The van der Waals surface area contributed by atoms with Gasteiger partial charge in [0.15, 0.2) is 0 Å². The summed E-state index contributed by atoms with van der Waals surface area (Å²) in [4.78, 5) is 13.0. The Kier molecular flexibility index (Phi) is 5.15. The summed E-state index contributed by atoms with van der Waals surface area (Å²) in [7, 11) is 1.63. The van der Waals surface area contributed by atoms with Crippen molar-refractivity contribution in [3.63, 3.8) is 0 Å². The maximum absolute atomic E-state index is 13.0. The first-order valence-electron chi connectivity index (χ1n) is 9.71. The molecular weight excluding hydrogens is 350 g/mol. The van der Waals surface area contributed by atoms with Crippen molar-refractivity contribution in [2.75, 3.05) is 7.11 Å². The number of nitrogens with zero attached hydrogens (tertiary/aromatic N) is 2. The Hall–Kier alpha value is -3.08. The topological polar surface area (TPSA) is 56.2 Å². The third kappa shape index (κ3) is 3.93. The molecule has 1 heterocycles. The van der Waals surface area contributed by atoms with Crippen LogP contribution in [0.5, 0.6) is 5.75 Å². The van der Waals surface area contributed by atoms with Crippen LogP contribution in [0.3, 0.4) is 0 Å². The molecule has 1 aromatic heterocycles. The van der Waals surface area contributed by atoms with Gasteiger partial charge in [0, 0.05) is 17.8 Å². The summed E-state index contributed by atoms with van der Waals surface area (Å²) in [6.45, 7) is 2.68. The van der Waals surface area contributed by atoms with Crippen molar-refractivity contribution in [3.8, 4) is 17.0 Å². The number of benzene rings is 2. The fourth-order valence-corrected chi connectivity index (χ4v) is 3.48. The summed E-state index contributed by atoms with van der Waals surface area (Å²) < 4.78 is 7.34. The van der Waals surface area contributed by atoms with Crippen LogP contribution in [0.2, 0.25) is 0 Å². The van der Waals surface area contributed by atoms with Gasteiger partial charge in [-0.3, -0.25) is 9.48 Å². The average molecular weight is 375 g/mol. The molecule has 0 radical (unpaired) electrons. The maximum Gasteiger partial charge on any atom is 0.255 e. The smallest absolute Gasteiger partial charge is 0.255 e. The van der Waals surface area contributed by atoms with E-state index in [0.29, 0.717) is 29.5 Å². The lowest BCUT2D eigenvalue weighted by molar-refractivity contribution is 0.0936. The highest BCUT2D eigenvalue weighted by Crippen LogP contribution is 2.34. The summed E-state index contributed by atoms with van der Waals surface area (Å²) >= 11 is 0. The van der Waals surface area contributed by atoms with Crippen LogP contribution < -0.4 is 10.1 Å². The summed E-state index contributed by atoms with van der Waals surface area (Å²) in [6, 6.07) is 18.0. The zero-order valence-electron chi connectivity index (χ0n) is 16.3. The highest BCUT2D eigenvalue weighted by Gasteiger charge is 2.30. The van der Waals surface area contributed by atoms with Crippen molar-refractivity contribution >= 4 is 5.91 Å². The van der Waals surface area contributed by atoms with E-state index in [1.807, 2.05) is 53.3 Å². The normalized spacial score (nSPS) is 14.5. The van der Waals surface area contributed by atoms with Gasteiger partial charge in [-0.2, -0.15) is 5.10 Å². The molecule has 1 fully saturated rings. The van der Waals surface area contributed by atoms with Crippen LogP contribution in [0.4, 0.5) is 0 Å². The van der Waals surface area contributed by atoms with Crippen LogP contribution in [-0.4, -0.2) is 28.8 Å². The number of nitrogens with one attached hydrogen (secondary N) is 1. The minimum Gasteiger partial charge on any atom is -0.496 e. The quantitative estimate of drug-likeness (QED) is 0.675. The van der Waals surface area contributed by atoms with Crippen molar-refractivity contribution in [1.29, 1.82) is 0 Å². The number of amides is 1. The molecule has 28 heavy (non-hydrogen) atoms. The van der Waals surface area contributed by atoms with E-state index in [1.165, 1.54) is 12.8 Å². The second-order valence-corrected chi connectivity index (χ2v) is 7.37. The number of carbonyl (C=O) groups is 1. The lowest BCUT2D eigenvalue weighted by atomic mass is 10.1. The molecule has 1 unspecified atom stereocenters. The number of rotatable bonds is 7. The van der Waals surface area contributed by atoms with Crippen LogP contribution >= 0.6 is 0 Å². The predicted molar refractivity (Wildman–Crippen MR) is 109 cm³/mol. The second-order valence-electron chi connectivity index (χ2n) is 7.37. The minimum absolute atomic E-state index is 0.0837. The van der Waals surface area contributed by atoms with Gasteiger partial charge in [-0.15, -0.1) is 0 Å². The predicted octanol–water partition coefficient (Wildman–Crippen LogP) is 4.14. The SMILES string of the molecule is COc1ccccc1-c1nn(Cc2ccccc2)cc1C(=O)NC(C)C1CC1. The van der Waals surface area contributed by atoms with E-state index < -0.39 is 0 Å². The molecule has 1 saturated carbocycles. The fraction of sp³-hybridized carbons (Fsp3) is 0.304. The second kappa shape index (κ2) is 7.89. The van der Waals surface area contributed by atoms with E-state index >= 15 is 0 Å². The number of carbonyl (C=O) groups excluding carboxylic acids is 1. The molecule has 5 nitrogen and oxygen atoms in total. The molecule has 1 aliphatic rings. The Balaban J connectivity index is 1.70. The fourth-order valence-electron chi connectivity index (χ4n) is 3.48. The molecular formula is C23H25N3O2. The van der Waals surface area contributed by atoms with Crippen molar-refractivity contribution in [2.24, 2.45) is 5.92 Å². The molecule has 1 amide bonds. The van der Waals surface area contributed by atoms with E-state index in [2.05, 4.69) is 24.4 Å². The Bertz CT molecular complexity index is 961. The Morgan fingerprint density at radius 1 is 1.18 bits per heavy atom. The Labute approximate surface area is 165 Å². The minimum atomic E-state index is -0.0837. The van der Waals surface area contributed by atoms with Gasteiger partial charge in [0.1, 0.15) is 11.4 Å². The number of aromatic nitrogens is 2. The van der Waals surface area contributed by atoms with Crippen molar-refractivity contribution in [3.05, 3.63) is 71.9 Å². The lowest BCUT2D eigenvalue weighted by Crippen LogP contribution is -2.34. The Morgan fingerprint density at radius 2 is 1.89 bits per heavy atom. The number of methoxy groups -OCH3 is 1. The summed E-state index contributed by atoms with van der Waals surface area (Å²) in [5.74, 6) is 1.22. The van der Waals surface area contributed by atoms with Crippen molar-refractivity contribution in [2.45, 2.75) is 32.4 Å². The third-order valence-corrected chi connectivity index (χ3v) is 5.24. The number of hydrogen-bond donors (Lipinski definition) is 1. The van der Waals surface area contributed by atoms with Gasteiger partial charge in [0.05, 0.1) is 19.2 Å². The molecule has 1 atom stereocenters. The summed E-state index contributed by atoms with van der Waals surface area (Å²) in [6.07, 6.45) is 4.21. The first kappa shape index (κ1) is 18.3. The van der Waals surface area contributed by atoms with Gasteiger partial charge in [-0.1, -0.05) is 42.5 Å². The summed E-state index contributed by atoms with van der Waals surface area (Å²) in [5.41, 5.74) is 3.18. The first-order valence-corrected chi connectivity index (χ1v) is 9.71. The third-order valence-electron chi connectivity index (χ3n) is 5.24. The molecule has 1 N–H and O–H groups in total. The van der Waals surface area contributed by atoms with Crippen LogP contribution in [-0.2, 0) is 6.54 Å². The number of hydrogen-bond acceptors (Lipinski definition) is 3. The largest absolute Gasteiger partial charge is 0.496 e. The van der Waals surface area contributed by atoms with Gasteiger partial charge in [-0.05, 0) is 43.4 Å². The van der Waals surface area contributed by atoms with Gasteiger partial charge in [-0.25, -0.2) is 0 Å². The van der Waals surface area contributed by atoms with Crippen LogP contribution in [0.1, 0.15) is 35.7 Å². The first-order chi connectivity index (χ1) is 13.7. The van der Waals surface area contributed by atoms with Crippen molar-refractivity contribution < 1.29 is 9.53 Å². The van der Waals surface area contributed by atoms with Gasteiger partial charge in [0.25, 0.3) is 5.91 Å². The molecule has 0 saturated heterocycles. The van der Waals surface area contributed by atoms with Crippen molar-refractivity contribution in [1.82, 2.24) is 15.1 Å². The van der Waals surface area contributed by atoms with Crippen LogP contribution in [0, 0.1) is 5.92 Å². The standard InChI is InChI=1S/C23H25N3O2/c1-16(18-12-13-18)24-23(27)20-15-26(14-17-8-4-3-5-9-17)25-22(20)19-10-6-7-11-21(19)28-2/h3-11,15-16,18H,12-14H2,1-2H3,(H,24,27). The van der Waals surface area contributed by atoms with E-state index in [0.717, 1.165) is 11.1 Å². The average Bonchev–Trinajstić information content (AvgIpc) is 3.49. The molecule has 0 spiro atoms. The lowest BCUT2D eigenvalue weighted by Gasteiger charge is -2.13. The molecule has 2 aromatic carbocycles. The number of para-hydroxylation sites is 1. The molecule has 5 heteroatoms. The van der Waals surface area contributed by atoms with E-state index in [-0.39, 0.29) is 11.9 Å². The zero-order chi connectivity index (χ0) is 19.5. The molecule has 0 aliphatic heterocycles. The highest BCUT2D eigenvalue weighted by molar-refractivity contribution is 6.00. The van der Waals surface area contributed by atoms with Gasteiger partial charge < -0.3 is 10.1 Å². The molecule has 4 rings (SSSR count). The van der Waals surface area contributed by atoms with Crippen LogP contribution in [0.25, 0.3) is 11.3 Å².